The molecule has 192 valence electrons. The van der Waals surface area contributed by atoms with Crippen LogP contribution < -0.4 is 9.47 Å². The predicted molar refractivity (Wildman–Crippen MR) is 138 cm³/mol. The van der Waals surface area contributed by atoms with Crippen molar-refractivity contribution < 1.29 is 29.0 Å². The van der Waals surface area contributed by atoms with E-state index in [1.54, 1.807) is 30.2 Å². The molecule has 0 atom stereocenters. The van der Waals surface area contributed by atoms with Gasteiger partial charge in [0.25, 0.3) is 0 Å². The van der Waals surface area contributed by atoms with Crippen LogP contribution in [0, 0.1) is 0 Å². The Morgan fingerprint density at radius 1 is 0.946 bits per heavy atom. The summed E-state index contributed by atoms with van der Waals surface area (Å²) >= 11 is 5.97. The van der Waals surface area contributed by atoms with Crippen LogP contribution in [0.15, 0.2) is 65.0 Å². The molecular weight excluding hydrogens is 494 g/mol. The zero-order chi connectivity index (χ0) is 26.1. The van der Waals surface area contributed by atoms with Crippen LogP contribution in [0.1, 0.15) is 55.6 Å². The van der Waals surface area contributed by atoms with Gasteiger partial charge < -0.3 is 19.5 Å². The van der Waals surface area contributed by atoms with Crippen molar-refractivity contribution in [3.8, 4) is 11.5 Å². The lowest BCUT2D eigenvalue weighted by Crippen LogP contribution is -2.41. The number of nitrogens with zero attached hydrogens (tertiary/aromatic N) is 1. The van der Waals surface area contributed by atoms with Gasteiger partial charge in [0.05, 0.1) is 7.11 Å². The number of hydrogen-bond acceptors (Lipinski definition) is 6. The second-order valence-electron chi connectivity index (χ2n) is 9.51. The molecule has 0 saturated carbocycles. The molecule has 3 aliphatic rings. The standard InChI is InChI=1S/C29H28ClNO6/c1-36-25-14-18(10-13-24(25)37-16-17-8-11-19(30)12-9-17)27-28-20(4-2-6-22(28)32)31(15-26(34)35)21-5-3-7-23(33)29(21)27/h8-14,27H,2-7,15-16H2,1H3,(H,34,35). The minimum atomic E-state index is -0.989. The van der Waals surface area contributed by atoms with Crippen molar-refractivity contribution in [3.05, 3.63) is 81.2 Å². The third-order valence-electron chi connectivity index (χ3n) is 7.21. The largest absolute Gasteiger partial charge is 0.493 e. The maximum Gasteiger partial charge on any atom is 0.323 e. The van der Waals surface area contributed by atoms with Gasteiger partial charge in [-0.3, -0.25) is 14.4 Å². The normalized spacial score (nSPS) is 18.1. The highest BCUT2D eigenvalue weighted by Gasteiger charge is 2.43. The monoisotopic (exact) mass is 521 g/mol. The first kappa shape index (κ1) is 25.1. The number of carbonyl (C=O) groups excluding carboxylic acids is 2. The van der Waals surface area contributed by atoms with Crippen LogP contribution in [0.5, 0.6) is 11.5 Å². The molecule has 5 rings (SSSR count). The van der Waals surface area contributed by atoms with Crippen molar-refractivity contribution in [2.45, 2.75) is 51.0 Å². The number of ketones is 2. The van der Waals surface area contributed by atoms with Crippen LogP contribution in [0.2, 0.25) is 5.02 Å². The van der Waals surface area contributed by atoms with E-state index in [1.165, 1.54) is 0 Å². The zero-order valence-electron chi connectivity index (χ0n) is 20.6. The van der Waals surface area contributed by atoms with E-state index < -0.39 is 11.9 Å². The number of benzene rings is 2. The van der Waals surface area contributed by atoms with Crippen LogP contribution >= 0.6 is 11.6 Å². The number of allylic oxidation sites excluding steroid dienone is 4. The van der Waals surface area contributed by atoms with Crippen molar-refractivity contribution in [1.29, 1.82) is 0 Å². The van der Waals surface area contributed by atoms with E-state index in [1.807, 2.05) is 24.3 Å². The van der Waals surface area contributed by atoms with Crippen molar-refractivity contribution >= 4 is 29.1 Å². The second kappa shape index (κ2) is 10.4. The summed E-state index contributed by atoms with van der Waals surface area (Å²) in [6.07, 6.45) is 3.30. The molecule has 0 bridgehead atoms. The Hall–Kier alpha value is -3.58. The first-order chi connectivity index (χ1) is 17.9. The summed E-state index contributed by atoms with van der Waals surface area (Å²) in [6.45, 7) is 0.0633. The summed E-state index contributed by atoms with van der Waals surface area (Å²) in [5.74, 6) is -0.567. The van der Waals surface area contributed by atoms with Gasteiger partial charge in [0, 0.05) is 46.3 Å². The maximum atomic E-state index is 13.3. The van der Waals surface area contributed by atoms with E-state index in [2.05, 4.69) is 0 Å². The summed E-state index contributed by atoms with van der Waals surface area (Å²) in [5.41, 5.74) is 4.26. The van der Waals surface area contributed by atoms with Crippen LogP contribution in [0.3, 0.4) is 0 Å². The zero-order valence-corrected chi connectivity index (χ0v) is 21.3. The van der Waals surface area contributed by atoms with E-state index in [-0.39, 0.29) is 18.1 Å². The Morgan fingerprint density at radius 3 is 2.14 bits per heavy atom. The summed E-state index contributed by atoms with van der Waals surface area (Å²) in [7, 11) is 1.55. The van der Waals surface area contributed by atoms with Gasteiger partial charge in [-0.2, -0.15) is 0 Å². The first-order valence-electron chi connectivity index (χ1n) is 12.4. The van der Waals surface area contributed by atoms with Gasteiger partial charge >= 0.3 is 5.97 Å². The van der Waals surface area contributed by atoms with Gasteiger partial charge in [-0.1, -0.05) is 29.8 Å². The lowest BCUT2D eigenvalue weighted by Gasteiger charge is -2.43. The molecule has 0 aromatic heterocycles. The van der Waals surface area contributed by atoms with Gasteiger partial charge in [0.2, 0.25) is 0 Å². The topological polar surface area (TPSA) is 93.1 Å². The molecule has 1 heterocycles. The number of aliphatic carboxylic acids is 1. The number of Topliss-reactive ketones (excluding diaryl/α,β-unsaturated/α-hetero) is 2. The Bertz CT molecular complexity index is 1280. The molecular formula is C29H28ClNO6. The smallest absolute Gasteiger partial charge is 0.323 e. The van der Waals surface area contributed by atoms with Crippen molar-refractivity contribution in [2.75, 3.05) is 13.7 Å². The van der Waals surface area contributed by atoms with Crippen LogP contribution in [-0.4, -0.2) is 41.2 Å². The van der Waals surface area contributed by atoms with Crippen LogP contribution in [0.4, 0.5) is 0 Å². The highest BCUT2D eigenvalue weighted by atomic mass is 35.5. The average Bonchev–Trinajstić information content (AvgIpc) is 2.89. The molecule has 1 aliphatic heterocycles. The molecule has 2 aromatic carbocycles. The number of carboxylic acids is 1. The van der Waals surface area contributed by atoms with E-state index in [4.69, 9.17) is 21.1 Å². The Labute approximate surface area is 220 Å². The summed E-state index contributed by atoms with van der Waals surface area (Å²) < 4.78 is 11.7. The number of rotatable bonds is 7. The summed E-state index contributed by atoms with van der Waals surface area (Å²) in [4.78, 5) is 40.1. The van der Waals surface area contributed by atoms with Crippen molar-refractivity contribution in [1.82, 2.24) is 4.90 Å². The van der Waals surface area contributed by atoms with Crippen LogP contribution in [-0.2, 0) is 21.0 Å². The van der Waals surface area contributed by atoms with E-state index in [9.17, 15) is 19.5 Å². The van der Waals surface area contributed by atoms with Gasteiger partial charge in [0.15, 0.2) is 23.1 Å². The fourth-order valence-electron chi connectivity index (χ4n) is 5.60. The third kappa shape index (κ3) is 4.88. The number of carbonyl (C=O) groups is 3. The minimum absolute atomic E-state index is 0.0337. The number of hydrogen-bond donors (Lipinski definition) is 1. The van der Waals surface area contributed by atoms with Gasteiger partial charge in [0.1, 0.15) is 13.2 Å². The predicted octanol–water partition coefficient (Wildman–Crippen LogP) is 5.43. The fourth-order valence-corrected chi connectivity index (χ4v) is 5.73. The lowest BCUT2D eigenvalue weighted by molar-refractivity contribution is -0.138. The van der Waals surface area contributed by atoms with E-state index >= 15 is 0 Å². The highest BCUT2D eigenvalue weighted by Crippen LogP contribution is 2.50. The molecule has 2 aromatic rings. The number of carboxylic acid groups (broad SMARTS) is 1. The SMILES string of the molecule is COc1cc(C2C3=C(CCCC3=O)N(CC(=O)O)C3=C2C(=O)CCC3)ccc1OCc1ccc(Cl)cc1. The molecule has 0 unspecified atom stereocenters. The van der Waals surface area contributed by atoms with Crippen molar-refractivity contribution in [2.24, 2.45) is 0 Å². The molecule has 1 N–H and O–H groups in total. The Balaban J connectivity index is 1.56. The molecule has 7 nitrogen and oxygen atoms in total. The minimum Gasteiger partial charge on any atom is -0.493 e. The molecule has 0 spiro atoms. The van der Waals surface area contributed by atoms with E-state index in [0.29, 0.717) is 72.8 Å². The molecule has 0 radical (unpaired) electrons. The van der Waals surface area contributed by atoms with Gasteiger partial charge in [-0.05, 0) is 61.1 Å². The average molecular weight is 522 g/mol. The molecule has 37 heavy (non-hydrogen) atoms. The maximum absolute atomic E-state index is 13.3. The molecule has 0 amide bonds. The van der Waals surface area contributed by atoms with Gasteiger partial charge in [-0.25, -0.2) is 0 Å². The Kier molecular flexibility index (Phi) is 7.07. The first-order valence-corrected chi connectivity index (χ1v) is 12.8. The molecule has 8 heteroatoms. The van der Waals surface area contributed by atoms with Gasteiger partial charge in [-0.15, -0.1) is 0 Å². The highest BCUT2D eigenvalue weighted by molar-refractivity contribution is 6.30. The molecule has 0 fully saturated rings. The number of methoxy groups -OCH3 is 1. The van der Waals surface area contributed by atoms with Crippen LogP contribution in [0.25, 0.3) is 0 Å². The molecule has 2 aliphatic carbocycles. The lowest BCUT2D eigenvalue weighted by atomic mass is 9.71. The van der Waals surface area contributed by atoms with Crippen molar-refractivity contribution in [3.63, 3.8) is 0 Å². The second-order valence-corrected chi connectivity index (χ2v) is 9.95. The Morgan fingerprint density at radius 2 is 1.57 bits per heavy atom. The summed E-state index contributed by atoms with van der Waals surface area (Å²) in [6, 6.07) is 12.9. The fraction of sp³-hybridized carbons (Fsp3) is 0.345. The molecule has 0 saturated heterocycles. The number of ether oxygens (including phenoxy) is 2. The quantitative estimate of drug-likeness (QED) is 0.519. The number of halogens is 1. The summed E-state index contributed by atoms with van der Waals surface area (Å²) in [5, 5.41) is 10.3. The van der Waals surface area contributed by atoms with E-state index in [0.717, 1.165) is 22.5 Å². The third-order valence-corrected chi connectivity index (χ3v) is 7.46.